The number of nitrogens with one attached hydrogen (secondary N) is 1. The Hall–Kier alpha value is -0.670. The molecule has 1 saturated heterocycles. The van der Waals surface area contributed by atoms with Crippen LogP contribution in [-0.2, 0) is 6.54 Å². The van der Waals surface area contributed by atoms with Gasteiger partial charge in [0.15, 0.2) is 0 Å². The first-order valence-electron chi connectivity index (χ1n) is 7.68. The maximum absolute atomic E-state index is 3.53. The van der Waals surface area contributed by atoms with E-state index in [2.05, 4.69) is 68.0 Å². The molecule has 1 N–H and O–H groups in total. The number of rotatable bonds is 6. The third-order valence-corrected chi connectivity index (χ3v) is 5.20. The van der Waals surface area contributed by atoms with E-state index < -0.39 is 0 Å². The van der Waals surface area contributed by atoms with Gasteiger partial charge in [0, 0.05) is 31.1 Å². The van der Waals surface area contributed by atoms with Crippen LogP contribution in [0.2, 0.25) is 0 Å². The number of nitrogens with zero attached hydrogens (tertiary/aromatic N) is 1. The van der Waals surface area contributed by atoms with Crippen molar-refractivity contribution >= 4 is 17.4 Å². The van der Waals surface area contributed by atoms with Crippen LogP contribution in [0.1, 0.15) is 31.4 Å². The van der Waals surface area contributed by atoms with Crippen molar-refractivity contribution < 1.29 is 0 Å². The standard InChI is InChI=1S/C17H28N2S/c1-13(2)10-18-11-15-5-6-16(9-14(15)3)19(4)17-7-8-20-12-17/h5-6,9,13,17-18H,7-8,10-12H2,1-4H3. The molecule has 0 bridgehead atoms. The minimum atomic E-state index is 0.709. The summed E-state index contributed by atoms with van der Waals surface area (Å²) in [7, 11) is 2.24. The van der Waals surface area contributed by atoms with E-state index in [9.17, 15) is 0 Å². The van der Waals surface area contributed by atoms with Gasteiger partial charge in [-0.3, -0.25) is 0 Å². The predicted molar refractivity (Wildman–Crippen MR) is 91.9 cm³/mol. The first-order chi connectivity index (χ1) is 9.58. The van der Waals surface area contributed by atoms with Crippen molar-refractivity contribution in [2.45, 2.75) is 39.8 Å². The summed E-state index contributed by atoms with van der Waals surface area (Å²) < 4.78 is 0. The Bertz CT molecular complexity index is 425. The van der Waals surface area contributed by atoms with Crippen LogP contribution in [0.4, 0.5) is 5.69 Å². The van der Waals surface area contributed by atoms with E-state index in [0.717, 1.165) is 13.1 Å². The van der Waals surface area contributed by atoms with Crippen molar-refractivity contribution in [3.63, 3.8) is 0 Å². The zero-order valence-corrected chi connectivity index (χ0v) is 14.1. The molecule has 1 fully saturated rings. The third kappa shape index (κ3) is 4.16. The number of hydrogen-bond donors (Lipinski definition) is 1. The minimum Gasteiger partial charge on any atom is -0.371 e. The molecular formula is C17H28N2S. The van der Waals surface area contributed by atoms with Crippen molar-refractivity contribution in [3.05, 3.63) is 29.3 Å². The predicted octanol–water partition coefficient (Wildman–Crippen LogP) is 3.68. The molecule has 3 heteroatoms. The number of aryl methyl sites for hydroxylation is 1. The number of benzene rings is 1. The fourth-order valence-electron chi connectivity index (χ4n) is 2.63. The first kappa shape index (κ1) is 15.7. The molecule has 0 aliphatic carbocycles. The van der Waals surface area contributed by atoms with Crippen LogP contribution in [0.3, 0.4) is 0 Å². The average Bonchev–Trinajstić information content (AvgIpc) is 2.93. The van der Waals surface area contributed by atoms with Gasteiger partial charge in [-0.1, -0.05) is 19.9 Å². The first-order valence-corrected chi connectivity index (χ1v) is 8.84. The lowest BCUT2D eigenvalue weighted by molar-refractivity contribution is 0.551. The monoisotopic (exact) mass is 292 g/mol. The number of anilines is 1. The molecule has 2 rings (SSSR count). The second-order valence-electron chi connectivity index (χ2n) is 6.26. The van der Waals surface area contributed by atoms with Crippen LogP contribution >= 0.6 is 11.8 Å². The Morgan fingerprint density at radius 1 is 1.40 bits per heavy atom. The molecule has 1 heterocycles. The molecule has 112 valence electrons. The minimum absolute atomic E-state index is 0.709. The Balaban J connectivity index is 1.97. The van der Waals surface area contributed by atoms with Gasteiger partial charge in [0.1, 0.15) is 0 Å². The van der Waals surface area contributed by atoms with Gasteiger partial charge in [0.05, 0.1) is 0 Å². The van der Waals surface area contributed by atoms with Crippen molar-refractivity contribution in [3.8, 4) is 0 Å². The largest absolute Gasteiger partial charge is 0.371 e. The second-order valence-corrected chi connectivity index (χ2v) is 7.41. The molecule has 1 atom stereocenters. The SMILES string of the molecule is Cc1cc(N(C)C2CCSC2)ccc1CNCC(C)C. The summed E-state index contributed by atoms with van der Waals surface area (Å²) in [5, 5.41) is 3.53. The molecule has 0 aromatic heterocycles. The quantitative estimate of drug-likeness (QED) is 0.861. The van der Waals surface area contributed by atoms with Gasteiger partial charge in [-0.2, -0.15) is 11.8 Å². The van der Waals surface area contributed by atoms with E-state index in [1.54, 1.807) is 0 Å². The summed E-state index contributed by atoms with van der Waals surface area (Å²) in [6, 6.07) is 7.62. The highest BCUT2D eigenvalue weighted by atomic mass is 32.2. The molecule has 1 unspecified atom stereocenters. The zero-order valence-electron chi connectivity index (χ0n) is 13.3. The molecular weight excluding hydrogens is 264 g/mol. The molecule has 1 aromatic carbocycles. The van der Waals surface area contributed by atoms with E-state index in [1.807, 2.05) is 0 Å². The van der Waals surface area contributed by atoms with Crippen LogP contribution in [0, 0.1) is 12.8 Å². The van der Waals surface area contributed by atoms with Crippen LogP contribution in [0.5, 0.6) is 0 Å². The lowest BCUT2D eigenvalue weighted by Gasteiger charge is -2.27. The number of hydrogen-bond acceptors (Lipinski definition) is 3. The van der Waals surface area contributed by atoms with Gasteiger partial charge in [-0.25, -0.2) is 0 Å². The van der Waals surface area contributed by atoms with E-state index in [4.69, 9.17) is 0 Å². The van der Waals surface area contributed by atoms with Crippen LogP contribution in [-0.4, -0.2) is 31.1 Å². The van der Waals surface area contributed by atoms with Gasteiger partial charge in [0.25, 0.3) is 0 Å². The topological polar surface area (TPSA) is 15.3 Å². The van der Waals surface area contributed by atoms with Crippen LogP contribution in [0.15, 0.2) is 18.2 Å². The Kier molecular flexibility index (Phi) is 5.79. The van der Waals surface area contributed by atoms with Gasteiger partial charge in [-0.05, 0) is 54.8 Å². The maximum atomic E-state index is 3.53. The Morgan fingerprint density at radius 2 is 2.20 bits per heavy atom. The summed E-state index contributed by atoms with van der Waals surface area (Å²) in [6.45, 7) is 8.79. The smallest absolute Gasteiger partial charge is 0.0385 e. The summed E-state index contributed by atoms with van der Waals surface area (Å²) >= 11 is 2.07. The number of thioether (sulfide) groups is 1. The summed E-state index contributed by atoms with van der Waals surface area (Å²) in [5.74, 6) is 3.29. The van der Waals surface area contributed by atoms with Gasteiger partial charge >= 0.3 is 0 Å². The van der Waals surface area contributed by atoms with E-state index in [-0.39, 0.29) is 0 Å². The van der Waals surface area contributed by atoms with E-state index in [1.165, 1.54) is 34.7 Å². The molecule has 2 nitrogen and oxygen atoms in total. The second kappa shape index (κ2) is 7.37. The molecule has 1 aliphatic rings. The average molecular weight is 292 g/mol. The molecule has 0 spiro atoms. The Morgan fingerprint density at radius 3 is 2.80 bits per heavy atom. The van der Waals surface area contributed by atoms with Crippen LogP contribution in [0.25, 0.3) is 0 Å². The van der Waals surface area contributed by atoms with Gasteiger partial charge in [-0.15, -0.1) is 0 Å². The zero-order chi connectivity index (χ0) is 14.5. The maximum Gasteiger partial charge on any atom is 0.0385 e. The molecule has 0 amide bonds. The van der Waals surface area contributed by atoms with Gasteiger partial charge < -0.3 is 10.2 Å². The highest BCUT2D eigenvalue weighted by Crippen LogP contribution is 2.27. The van der Waals surface area contributed by atoms with E-state index >= 15 is 0 Å². The highest BCUT2D eigenvalue weighted by Gasteiger charge is 2.20. The lowest BCUT2D eigenvalue weighted by atomic mass is 10.1. The normalized spacial score (nSPS) is 18.8. The van der Waals surface area contributed by atoms with Gasteiger partial charge in [0.2, 0.25) is 0 Å². The third-order valence-electron chi connectivity index (χ3n) is 4.05. The highest BCUT2D eigenvalue weighted by molar-refractivity contribution is 7.99. The summed E-state index contributed by atoms with van der Waals surface area (Å²) in [6.07, 6.45) is 1.32. The lowest BCUT2D eigenvalue weighted by Crippen LogP contribution is -2.31. The molecule has 0 radical (unpaired) electrons. The molecule has 20 heavy (non-hydrogen) atoms. The molecule has 0 saturated carbocycles. The van der Waals surface area contributed by atoms with Crippen molar-refractivity contribution in [2.75, 3.05) is 30.0 Å². The fourth-order valence-corrected chi connectivity index (χ4v) is 3.90. The van der Waals surface area contributed by atoms with Crippen molar-refractivity contribution in [1.29, 1.82) is 0 Å². The van der Waals surface area contributed by atoms with Crippen LogP contribution < -0.4 is 10.2 Å². The summed E-state index contributed by atoms with van der Waals surface area (Å²) in [5.41, 5.74) is 4.18. The van der Waals surface area contributed by atoms with E-state index in [0.29, 0.717) is 12.0 Å². The molecule has 1 aliphatic heterocycles. The fraction of sp³-hybridized carbons (Fsp3) is 0.647. The van der Waals surface area contributed by atoms with Crippen molar-refractivity contribution in [1.82, 2.24) is 5.32 Å². The summed E-state index contributed by atoms with van der Waals surface area (Å²) in [4.78, 5) is 2.46. The molecule has 1 aromatic rings. The van der Waals surface area contributed by atoms with Crippen molar-refractivity contribution in [2.24, 2.45) is 5.92 Å². The Labute approximate surface area is 128 Å².